The maximum absolute atomic E-state index is 12.2. The van der Waals surface area contributed by atoms with E-state index in [4.69, 9.17) is 0 Å². The Morgan fingerprint density at radius 1 is 1.50 bits per heavy atom. The molecule has 110 valence electrons. The molecule has 2 unspecified atom stereocenters. The van der Waals surface area contributed by atoms with Gasteiger partial charge in [-0.2, -0.15) is 4.68 Å². The van der Waals surface area contributed by atoms with Crippen LogP contribution < -0.4 is 0 Å². The summed E-state index contributed by atoms with van der Waals surface area (Å²) in [6, 6.07) is -0.343. The van der Waals surface area contributed by atoms with E-state index in [-0.39, 0.29) is 16.4 Å². The summed E-state index contributed by atoms with van der Waals surface area (Å²) in [7, 11) is -1.30. The molecule has 0 fully saturated rings. The van der Waals surface area contributed by atoms with Crippen LogP contribution in [0.4, 0.5) is 4.79 Å². The number of carbonyl (C=O) groups excluding carboxylic acids is 1. The molecule has 0 bridgehead atoms. The maximum Gasteiger partial charge on any atom is 0.346 e. The second kappa shape index (κ2) is 7.74. The van der Waals surface area contributed by atoms with Crippen molar-refractivity contribution in [1.29, 1.82) is 0 Å². The minimum absolute atomic E-state index is 0.0431. The van der Waals surface area contributed by atoms with Crippen LogP contribution in [0.3, 0.4) is 0 Å². The highest BCUT2D eigenvalue weighted by Crippen LogP contribution is 2.08. The first-order chi connectivity index (χ1) is 9.54. The molecule has 1 aromatic heterocycles. The highest BCUT2D eigenvalue weighted by molar-refractivity contribution is 7.85. The van der Waals surface area contributed by atoms with Crippen LogP contribution in [-0.2, 0) is 10.8 Å². The summed E-state index contributed by atoms with van der Waals surface area (Å²) < 4.78 is 13.1. The Bertz CT molecular complexity index is 502. The molecule has 1 rings (SSSR count). The van der Waals surface area contributed by atoms with Gasteiger partial charge in [-0.15, -0.1) is 18.3 Å². The number of carbonyl (C=O) groups is 1. The first-order valence-corrected chi connectivity index (χ1v) is 7.59. The van der Waals surface area contributed by atoms with Crippen molar-refractivity contribution in [2.45, 2.75) is 30.7 Å². The van der Waals surface area contributed by atoms with Crippen molar-refractivity contribution in [2.75, 3.05) is 13.1 Å². The Labute approximate surface area is 121 Å². The Kier molecular flexibility index (Phi) is 6.30. The molecule has 0 saturated carbocycles. The first-order valence-electron chi connectivity index (χ1n) is 6.38. The van der Waals surface area contributed by atoms with E-state index in [0.29, 0.717) is 13.1 Å². The van der Waals surface area contributed by atoms with Gasteiger partial charge >= 0.3 is 6.03 Å². The van der Waals surface area contributed by atoms with E-state index >= 15 is 0 Å². The quantitative estimate of drug-likeness (QED) is 0.720. The van der Waals surface area contributed by atoms with E-state index in [1.54, 1.807) is 12.2 Å². The zero-order chi connectivity index (χ0) is 15.1. The Balaban J connectivity index is 2.89. The number of rotatable bonds is 7. The van der Waals surface area contributed by atoms with Crippen molar-refractivity contribution in [1.82, 2.24) is 19.7 Å². The fourth-order valence-electron chi connectivity index (χ4n) is 1.45. The average molecular weight is 296 g/mol. The average Bonchev–Trinajstić information content (AvgIpc) is 2.94. The standard InChI is InChI=1S/C13H20N4O2S/c1-5-8-16(9-6-2)13(18)17-10-14-12(15-17)20(19)11(4)7-3/h5-6,10-11H,1-2,7-9H2,3-4H3. The second-order valence-corrected chi connectivity index (χ2v) is 6.02. The predicted molar refractivity (Wildman–Crippen MR) is 78.9 cm³/mol. The van der Waals surface area contributed by atoms with E-state index in [9.17, 15) is 9.00 Å². The minimum atomic E-state index is -1.30. The zero-order valence-electron chi connectivity index (χ0n) is 11.9. The zero-order valence-corrected chi connectivity index (χ0v) is 12.7. The van der Waals surface area contributed by atoms with Gasteiger partial charge in [-0.25, -0.2) is 9.78 Å². The minimum Gasteiger partial charge on any atom is -0.315 e. The number of hydrogen-bond acceptors (Lipinski definition) is 4. The maximum atomic E-state index is 12.2. The third kappa shape index (κ3) is 3.86. The molecule has 0 N–H and O–H groups in total. The summed E-state index contributed by atoms with van der Waals surface area (Å²) in [6.45, 7) is 11.8. The van der Waals surface area contributed by atoms with E-state index in [1.165, 1.54) is 11.2 Å². The van der Waals surface area contributed by atoms with Gasteiger partial charge < -0.3 is 4.90 Å². The molecule has 1 amide bonds. The van der Waals surface area contributed by atoms with E-state index in [2.05, 4.69) is 23.2 Å². The molecule has 6 nitrogen and oxygen atoms in total. The second-order valence-electron chi connectivity index (χ2n) is 4.25. The molecule has 1 aromatic rings. The van der Waals surface area contributed by atoms with Gasteiger partial charge in [0.15, 0.2) is 0 Å². The van der Waals surface area contributed by atoms with Crippen LogP contribution in [0.25, 0.3) is 0 Å². The normalized spacial score (nSPS) is 13.5. The molecule has 0 aliphatic heterocycles. The van der Waals surface area contributed by atoms with Crippen molar-refractivity contribution in [3.05, 3.63) is 31.6 Å². The van der Waals surface area contributed by atoms with Gasteiger partial charge in [-0.3, -0.25) is 4.21 Å². The Hall–Kier alpha value is -1.76. The van der Waals surface area contributed by atoms with Crippen molar-refractivity contribution in [2.24, 2.45) is 0 Å². The third-order valence-corrected chi connectivity index (χ3v) is 4.37. The van der Waals surface area contributed by atoms with Crippen LogP contribution in [0.1, 0.15) is 20.3 Å². The van der Waals surface area contributed by atoms with Gasteiger partial charge in [0, 0.05) is 18.3 Å². The molecule has 0 saturated heterocycles. The van der Waals surface area contributed by atoms with Gasteiger partial charge in [0.2, 0.25) is 5.16 Å². The van der Waals surface area contributed by atoms with Gasteiger partial charge in [0.25, 0.3) is 0 Å². The number of hydrogen-bond donors (Lipinski definition) is 0. The molecule has 0 spiro atoms. The van der Waals surface area contributed by atoms with Crippen molar-refractivity contribution >= 4 is 16.8 Å². The number of nitrogens with zero attached hydrogens (tertiary/aromatic N) is 4. The molecule has 0 aromatic carbocycles. The summed E-state index contributed by atoms with van der Waals surface area (Å²) >= 11 is 0. The highest BCUT2D eigenvalue weighted by Gasteiger charge is 2.19. The fraction of sp³-hybridized carbons (Fsp3) is 0.462. The Morgan fingerprint density at radius 3 is 2.60 bits per heavy atom. The van der Waals surface area contributed by atoms with Crippen LogP contribution in [0, 0.1) is 0 Å². The molecule has 0 aliphatic rings. The lowest BCUT2D eigenvalue weighted by Crippen LogP contribution is -2.35. The summed E-state index contributed by atoms with van der Waals surface area (Å²) in [5.74, 6) is 0. The monoisotopic (exact) mass is 296 g/mol. The van der Waals surface area contributed by atoms with Gasteiger partial charge in [0.1, 0.15) is 6.33 Å². The smallest absolute Gasteiger partial charge is 0.315 e. The molecular weight excluding hydrogens is 276 g/mol. The SMILES string of the molecule is C=CCN(CC=C)C(=O)n1cnc(S(=O)C(C)CC)n1. The van der Waals surface area contributed by atoms with Gasteiger partial charge in [-0.05, 0) is 6.42 Å². The van der Waals surface area contributed by atoms with Gasteiger partial charge in [-0.1, -0.05) is 26.0 Å². The summed E-state index contributed by atoms with van der Waals surface area (Å²) in [6.07, 6.45) is 5.29. The lowest BCUT2D eigenvalue weighted by atomic mass is 10.4. The lowest BCUT2D eigenvalue weighted by Gasteiger charge is -2.17. The molecule has 1 heterocycles. The molecule has 20 heavy (non-hydrogen) atoms. The molecule has 0 radical (unpaired) electrons. The van der Waals surface area contributed by atoms with Crippen LogP contribution in [0.5, 0.6) is 0 Å². The van der Waals surface area contributed by atoms with Crippen LogP contribution in [0.15, 0.2) is 36.8 Å². The summed E-state index contributed by atoms with van der Waals surface area (Å²) in [5.41, 5.74) is 0. The number of amides is 1. The first kappa shape index (κ1) is 16.3. The highest BCUT2D eigenvalue weighted by atomic mass is 32.2. The lowest BCUT2D eigenvalue weighted by molar-refractivity contribution is 0.206. The van der Waals surface area contributed by atoms with Crippen molar-refractivity contribution in [3.63, 3.8) is 0 Å². The third-order valence-electron chi connectivity index (χ3n) is 2.76. The van der Waals surface area contributed by atoms with Crippen molar-refractivity contribution in [3.8, 4) is 0 Å². The molecule has 7 heteroatoms. The van der Waals surface area contributed by atoms with E-state index in [0.717, 1.165) is 11.1 Å². The summed E-state index contributed by atoms with van der Waals surface area (Å²) in [5, 5.41) is 4.15. The van der Waals surface area contributed by atoms with E-state index < -0.39 is 10.8 Å². The van der Waals surface area contributed by atoms with Gasteiger partial charge in [0.05, 0.1) is 10.8 Å². The Morgan fingerprint density at radius 2 is 2.10 bits per heavy atom. The molecule has 0 aliphatic carbocycles. The number of aromatic nitrogens is 3. The van der Waals surface area contributed by atoms with Crippen LogP contribution >= 0.6 is 0 Å². The summed E-state index contributed by atoms with van der Waals surface area (Å²) in [4.78, 5) is 17.7. The molecule has 2 atom stereocenters. The van der Waals surface area contributed by atoms with E-state index in [1.807, 2.05) is 13.8 Å². The van der Waals surface area contributed by atoms with Crippen LogP contribution in [0.2, 0.25) is 0 Å². The van der Waals surface area contributed by atoms with Crippen molar-refractivity contribution < 1.29 is 9.00 Å². The predicted octanol–water partition coefficient (Wildman–Crippen LogP) is 1.83. The topological polar surface area (TPSA) is 68.1 Å². The molecular formula is C13H20N4O2S. The fourth-order valence-corrected chi connectivity index (χ4v) is 2.43. The van der Waals surface area contributed by atoms with Crippen LogP contribution in [-0.4, -0.2) is 48.2 Å². The largest absolute Gasteiger partial charge is 0.346 e.